The number of hydrogen-bond acceptors (Lipinski definition) is 3. The summed E-state index contributed by atoms with van der Waals surface area (Å²) >= 11 is 1.35. The lowest BCUT2D eigenvalue weighted by Crippen LogP contribution is -1.92. The molecule has 3 rings (SSSR count). The molecular formula is C13H8F2N2S. The monoisotopic (exact) mass is 262 g/mol. The van der Waals surface area contributed by atoms with E-state index in [9.17, 15) is 8.78 Å². The van der Waals surface area contributed by atoms with Crippen LogP contribution in [0.25, 0.3) is 10.2 Å². The third-order valence-corrected chi connectivity index (χ3v) is 3.42. The van der Waals surface area contributed by atoms with Crippen molar-refractivity contribution in [3.63, 3.8) is 0 Å². The number of nitrogens with zero attached hydrogens (tertiary/aromatic N) is 1. The average molecular weight is 262 g/mol. The molecule has 0 bridgehead atoms. The van der Waals surface area contributed by atoms with Crippen LogP contribution in [0.5, 0.6) is 0 Å². The molecule has 2 nitrogen and oxygen atoms in total. The van der Waals surface area contributed by atoms with Crippen molar-refractivity contribution in [1.82, 2.24) is 4.98 Å². The van der Waals surface area contributed by atoms with Gasteiger partial charge in [0.1, 0.15) is 11.6 Å². The highest BCUT2D eigenvalue weighted by molar-refractivity contribution is 7.22. The van der Waals surface area contributed by atoms with Gasteiger partial charge in [-0.15, -0.1) is 0 Å². The summed E-state index contributed by atoms with van der Waals surface area (Å²) in [6.45, 7) is 0. The van der Waals surface area contributed by atoms with Crippen molar-refractivity contribution in [1.29, 1.82) is 0 Å². The van der Waals surface area contributed by atoms with Gasteiger partial charge in [-0.1, -0.05) is 23.5 Å². The molecule has 5 heteroatoms. The van der Waals surface area contributed by atoms with Crippen molar-refractivity contribution in [2.45, 2.75) is 0 Å². The van der Waals surface area contributed by atoms with E-state index in [1.807, 2.05) is 0 Å². The van der Waals surface area contributed by atoms with Gasteiger partial charge in [-0.05, 0) is 24.3 Å². The number of benzene rings is 2. The third kappa shape index (κ3) is 2.04. The normalized spacial score (nSPS) is 10.8. The molecule has 18 heavy (non-hydrogen) atoms. The van der Waals surface area contributed by atoms with Gasteiger partial charge in [0.2, 0.25) is 0 Å². The van der Waals surface area contributed by atoms with E-state index in [-0.39, 0.29) is 11.6 Å². The first-order valence-electron chi connectivity index (χ1n) is 5.30. The van der Waals surface area contributed by atoms with E-state index in [0.717, 1.165) is 4.70 Å². The minimum Gasteiger partial charge on any atom is -0.329 e. The van der Waals surface area contributed by atoms with Crippen molar-refractivity contribution >= 4 is 32.4 Å². The molecule has 1 aromatic heterocycles. The van der Waals surface area contributed by atoms with E-state index in [0.29, 0.717) is 16.3 Å². The average Bonchev–Trinajstić information content (AvgIpc) is 2.73. The lowest BCUT2D eigenvalue weighted by molar-refractivity contribution is 0.629. The summed E-state index contributed by atoms with van der Waals surface area (Å²) in [5.41, 5.74) is 0.927. The van der Waals surface area contributed by atoms with Crippen LogP contribution >= 0.6 is 11.3 Å². The minimum absolute atomic E-state index is 0.328. The summed E-state index contributed by atoms with van der Waals surface area (Å²) in [5.74, 6) is -0.673. The maximum Gasteiger partial charge on any atom is 0.188 e. The Balaban J connectivity index is 1.98. The Morgan fingerprint density at radius 2 is 1.89 bits per heavy atom. The molecule has 2 aromatic carbocycles. The van der Waals surface area contributed by atoms with Gasteiger partial charge < -0.3 is 5.32 Å². The van der Waals surface area contributed by atoms with Crippen LogP contribution in [0.3, 0.4) is 0 Å². The smallest absolute Gasteiger partial charge is 0.188 e. The molecule has 0 aliphatic rings. The van der Waals surface area contributed by atoms with E-state index in [4.69, 9.17) is 0 Å². The van der Waals surface area contributed by atoms with Crippen LogP contribution in [0.4, 0.5) is 19.6 Å². The Morgan fingerprint density at radius 1 is 1.06 bits per heavy atom. The second-order valence-electron chi connectivity index (χ2n) is 3.74. The zero-order valence-corrected chi connectivity index (χ0v) is 9.97. The van der Waals surface area contributed by atoms with Gasteiger partial charge in [0.25, 0.3) is 0 Å². The topological polar surface area (TPSA) is 24.9 Å². The SMILES string of the molecule is Fc1ccc2sc(Nc3ccccc3F)nc2c1. The molecule has 0 saturated heterocycles. The van der Waals surface area contributed by atoms with Crippen molar-refractivity contribution in [3.05, 3.63) is 54.1 Å². The van der Waals surface area contributed by atoms with Crippen LogP contribution in [0.1, 0.15) is 0 Å². The predicted octanol–water partition coefficient (Wildman–Crippen LogP) is 4.32. The predicted molar refractivity (Wildman–Crippen MR) is 69.3 cm³/mol. The van der Waals surface area contributed by atoms with Gasteiger partial charge in [0, 0.05) is 6.07 Å². The Bertz CT molecular complexity index is 709. The molecule has 0 radical (unpaired) electrons. The molecule has 0 atom stereocenters. The molecule has 0 saturated carbocycles. The van der Waals surface area contributed by atoms with E-state index in [1.165, 1.54) is 29.5 Å². The van der Waals surface area contributed by atoms with Gasteiger partial charge >= 0.3 is 0 Å². The molecule has 1 N–H and O–H groups in total. The van der Waals surface area contributed by atoms with E-state index in [1.54, 1.807) is 24.3 Å². The molecule has 90 valence electrons. The number of para-hydroxylation sites is 1. The standard InChI is InChI=1S/C13H8F2N2S/c14-8-5-6-12-11(7-8)17-13(18-12)16-10-4-2-1-3-9(10)15/h1-7H,(H,16,17). The molecule has 3 aromatic rings. The summed E-state index contributed by atoms with van der Waals surface area (Å²) in [6, 6.07) is 10.8. The maximum absolute atomic E-state index is 13.4. The molecular weight excluding hydrogens is 254 g/mol. The molecule has 0 aliphatic heterocycles. The van der Waals surface area contributed by atoms with Crippen molar-refractivity contribution < 1.29 is 8.78 Å². The van der Waals surface area contributed by atoms with Crippen LogP contribution < -0.4 is 5.32 Å². The zero-order valence-electron chi connectivity index (χ0n) is 9.15. The van der Waals surface area contributed by atoms with Gasteiger partial charge in [-0.3, -0.25) is 0 Å². The van der Waals surface area contributed by atoms with Gasteiger partial charge in [-0.25, -0.2) is 13.8 Å². The fraction of sp³-hybridized carbons (Fsp3) is 0. The largest absolute Gasteiger partial charge is 0.329 e. The molecule has 0 spiro atoms. The summed E-state index contributed by atoms with van der Waals surface area (Å²) < 4.78 is 27.3. The number of hydrogen-bond donors (Lipinski definition) is 1. The first kappa shape index (κ1) is 11.1. The summed E-state index contributed by atoms with van der Waals surface area (Å²) in [4.78, 5) is 4.21. The number of nitrogens with one attached hydrogen (secondary N) is 1. The Kier molecular flexibility index (Phi) is 2.68. The van der Waals surface area contributed by atoms with E-state index < -0.39 is 0 Å². The van der Waals surface area contributed by atoms with Crippen molar-refractivity contribution in [2.75, 3.05) is 5.32 Å². The van der Waals surface area contributed by atoms with Crippen LogP contribution in [0.2, 0.25) is 0 Å². The molecule has 0 amide bonds. The van der Waals surface area contributed by atoms with Crippen molar-refractivity contribution in [2.24, 2.45) is 0 Å². The summed E-state index contributed by atoms with van der Waals surface area (Å²) in [6.07, 6.45) is 0. The highest BCUT2D eigenvalue weighted by Gasteiger charge is 2.07. The fourth-order valence-electron chi connectivity index (χ4n) is 1.63. The second kappa shape index (κ2) is 4.34. The highest BCUT2D eigenvalue weighted by atomic mass is 32.1. The fourth-order valence-corrected chi connectivity index (χ4v) is 2.49. The van der Waals surface area contributed by atoms with Gasteiger partial charge in [0.15, 0.2) is 5.13 Å². The second-order valence-corrected chi connectivity index (χ2v) is 4.77. The molecule has 0 fully saturated rings. The Labute approximate surface area is 106 Å². The Hall–Kier alpha value is -2.01. The molecule has 0 unspecified atom stereocenters. The lowest BCUT2D eigenvalue weighted by Gasteiger charge is -2.02. The summed E-state index contributed by atoms with van der Waals surface area (Å²) in [7, 11) is 0. The minimum atomic E-state index is -0.345. The van der Waals surface area contributed by atoms with Crippen LogP contribution in [0.15, 0.2) is 42.5 Å². The summed E-state index contributed by atoms with van der Waals surface area (Å²) in [5, 5.41) is 3.43. The van der Waals surface area contributed by atoms with E-state index in [2.05, 4.69) is 10.3 Å². The number of thiazole rings is 1. The first-order valence-corrected chi connectivity index (χ1v) is 6.12. The molecule has 0 aliphatic carbocycles. The number of anilines is 2. The van der Waals surface area contributed by atoms with Gasteiger partial charge in [0.05, 0.1) is 15.9 Å². The van der Waals surface area contributed by atoms with E-state index >= 15 is 0 Å². The molecule has 1 heterocycles. The number of halogens is 2. The maximum atomic E-state index is 13.4. The van der Waals surface area contributed by atoms with Crippen LogP contribution in [-0.4, -0.2) is 4.98 Å². The van der Waals surface area contributed by atoms with Crippen molar-refractivity contribution in [3.8, 4) is 0 Å². The third-order valence-electron chi connectivity index (χ3n) is 2.47. The first-order chi connectivity index (χ1) is 8.72. The Morgan fingerprint density at radius 3 is 2.72 bits per heavy atom. The van der Waals surface area contributed by atoms with Crippen LogP contribution in [-0.2, 0) is 0 Å². The zero-order chi connectivity index (χ0) is 12.5. The highest BCUT2D eigenvalue weighted by Crippen LogP contribution is 2.29. The lowest BCUT2D eigenvalue weighted by atomic mass is 10.3. The number of aromatic nitrogens is 1. The van der Waals surface area contributed by atoms with Gasteiger partial charge in [-0.2, -0.15) is 0 Å². The number of rotatable bonds is 2. The quantitative estimate of drug-likeness (QED) is 0.744. The van der Waals surface area contributed by atoms with Crippen LogP contribution in [0, 0.1) is 11.6 Å². The number of fused-ring (bicyclic) bond motifs is 1.